The van der Waals surface area contributed by atoms with Crippen LogP contribution in [0.4, 0.5) is 11.4 Å². The summed E-state index contributed by atoms with van der Waals surface area (Å²) >= 11 is 6.02. The van der Waals surface area contributed by atoms with Crippen LogP contribution in [0.15, 0.2) is 42.5 Å². The number of amides is 1. The SMILES string of the molecule is C[C@@H]1Cc2ccccc2N1C(=O)c1ccc(Cl)c(NS(C)(=O)=O)c1. The highest BCUT2D eigenvalue weighted by Crippen LogP contribution is 2.34. The Morgan fingerprint density at radius 3 is 2.67 bits per heavy atom. The monoisotopic (exact) mass is 364 g/mol. The number of anilines is 2. The van der Waals surface area contributed by atoms with Crippen molar-refractivity contribution in [1.82, 2.24) is 0 Å². The van der Waals surface area contributed by atoms with Gasteiger partial charge in [-0.1, -0.05) is 29.8 Å². The molecule has 0 fully saturated rings. The summed E-state index contributed by atoms with van der Waals surface area (Å²) in [7, 11) is -3.48. The van der Waals surface area contributed by atoms with Crippen LogP contribution in [0.3, 0.4) is 0 Å². The molecular formula is C17H17ClN2O3S. The van der Waals surface area contributed by atoms with Crippen molar-refractivity contribution < 1.29 is 13.2 Å². The van der Waals surface area contributed by atoms with Gasteiger partial charge in [-0.3, -0.25) is 9.52 Å². The molecule has 0 spiro atoms. The molecule has 1 atom stereocenters. The number of hydrogen-bond acceptors (Lipinski definition) is 3. The van der Waals surface area contributed by atoms with Crippen LogP contribution in [0.1, 0.15) is 22.8 Å². The van der Waals surface area contributed by atoms with Crippen LogP contribution in [0, 0.1) is 0 Å². The average molecular weight is 365 g/mol. The number of carbonyl (C=O) groups is 1. The van der Waals surface area contributed by atoms with Gasteiger partial charge in [-0.15, -0.1) is 0 Å². The van der Waals surface area contributed by atoms with Crippen molar-refractivity contribution in [1.29, 1.82) is 0 Å². The molecule has 126 valence electrons. The molecule has 1 N–H and O–H groups in total. The van der Waals surface area contributed by atoms with Crippen LogP contribution >= 0.6 is 11.6 Å². The van der Waals surface area contributed by atoms with E-state index >= 15 is 0 Å². The van der Waals surface area contributed by atoms with Gasteiger partial charge >= 0.3 is 0 Å². The molecular weight excluding hydrogens is 348 g/mol. The van der Waals surface area contributed by atoms with Gasteiger partial charge in [0.2, 0.25) is 10.0 Å². The van der Waals surface area contributed by atoms with E-state index in [9.17, 15) is 13.2 Å². The van der Waals surface area contributed by atoms with E-state index < -0.39 is 10.0 Å². The second kappa shape index (κ2) is 6.11. The van der Waals surface area contributed by atoms with Crippen molar-refractivity contribution in [3.05, 3.63) is 58.6 Å². The number of nitrogens with one attached hydrogen (secondary N) is 1. The van der Waals surface area contributed by atoms with Crippen molar-refractivity contribution in [2.45, 2.75) is 19.4 Å². The van der Waals surface area contributed by atoms with Gasteiger partial charge in [0.1, 0.15) is 0 Å². The van der Waals surface area contributed by atoms with Gasteiger partial charge in [-0.2, -0.15) is 0 Å². The molecule has 0 unspecified atom stereocenters. The third-order valence-electron chi connectivity index (χ3n) is 3.93. The lowest BCUT2D eigenvalue weighted by molar-refractivity contribution is 0.0981. The fourth-order valence-corrected chi connectivity index (χ4v) is 3.74. The summed E-state index contributed by atoms with van der Waals surface area (Å²) in [6.07, 6.45) is 1.83. The summed E-state index contributed by atoms with van der Waals surface area (Å²) in [6.45, 7) is 1.99. The van der Waals surface area contributed by atoms with Gasteiger partial charge in [0.25, 0.3) is 5.91 Å². The fourth-order valence-electron chi connectivity index (χ4n) is 2.95. The van der Waals surface area contributed by atoms with Crippen LogP contribution in [-0.2, 0) is 16.4 Å². The van der Waals surface area contributed by atoms with Crippen molar-refractivity contribution in [2.24, 2.45) is 0 Å². The molecule has 0 saturated heterocycles. The zero-order valence-electron chi connectivity index (χ0n) is 13.3. The van der Waals surface area contributed by atoms with Crippen LogP contribution in [0.5, 0.6) is 0 Å². The summed E-state index contributed by atoms with van der Waals surface area (Å²) in [5, 5.41) is 0.242. The Balaban J connectivity index is 1.98. The molecule has 0 radical (unpaired) electrons. The molecule has 0 saturated carbocycles. The van der Waals surface area contributed by atoms with E-state index in [-0.39, 0.29) is 22.7 Å². The van der Waals surface area contributed by atoms with Crippen LogP contribution in [0.2, 0.25) is 5.02 Å². The third-order valence-corrected chi connectivity index (χ3v) is 4.86. The Kier molecular flexibility index (Phi) is 4.27. The van der Waals surface area contributed by atoms with E-state index in [4.69, 9.17) is 11.6 Å². The number of sulfonamides is 1. The number of para-hydroxylation sites is 1. The maximum atomic E-state index is 13.0. The minimum Gasteiger partial charge on any atom is -0.305 e. The molecule has 1 aliphatic rings. The predicted octanol–water partition coefficient (Wildman–Crippen LogP) is 3.30. The van der Waals surface area contributed by atoms with Gasteiger partial charge in [0.15, 0.2) is 0 Å². The first kappa shape index (κ1) is 16.8. The number of benzene rings is 2. The molecule has 2 aromatic carbocycles. The number of nitrogens with zero attached hydrogens (tertiary/aromatic N) is 1. The number of hydrogen-bond donors (Lipinski definition) is 1. The first-order valence-corrected chi connectivity index (χ1v) is 9.72. The predicted molar refractivity (Wildman–Crippen MR) is 96.3 cm³/mol. The van der Waals surface area contributed by atoms with Crippen LogP contribution in [-0.4, -0.2) is 26.6 Å². The quantitative estimate of drug-likeness (QED) is 0.908. The van der Waals surface area contributed by atoms with E-state index in [2.05, 4.69) is 4.72 Å². The maximum absolute atomic E-state index is 13.0. The minimum absolute atomic E-state index is 0.0388. The lowest BCUT2D eigenvalue weighted by atomic mass is 10.1. The molecule has 5 nitrogen and oxygen atoms in total. The average Bonchev–Trinajstić information content (AvgIpc) is 2.83. The minimum atomic E-state index is -3.48. The van der Waals surface area contributed by atoms with Crippen molar-refractivity contribution in [3.63, 3.8) is 0 Å². The van der Waals surface area contributed by atoms with Gasteiger partial charge in [0.05, 0.1) is 17.0 Å². The highest BCUT2D eigenvalue weighted by Gasteiger charge is 2.31. The smallest absolute Gasteiger partial charge is 0.258 e. The Morgan fingerprint density at radius 2 is 1.96 bits per heavy atom. The third kappa shape index (κ3) is 3.25. The summed E-state index contributed by atoms with van der Waals surface area (Å²) in [5.74, 6) is -0.180. The largest absolute Gasteiger partial charge is 0.305 e. The molecule has 0 aliphatic carbocycles. The highest BCUT2D eigenvalue weighted by atomic mass is 35.5. The molecule has 24 heavy (non-hydrogen) atoms. The van der Waals surface area contributed by atoms with Crippen LogP contribution in [0.25, 0.3) is 0 Å². The highest BCUT2D eigenvalue weighted by molar-refractivity contribution is 7.92. The van der Waals surface area contributed by atoms with Gasteiger partial charge in [-0.25, -0.2) is 8.42 Å². The zero-order chi connectivity index (χ0) is 17.5. The van der Waals surface area contributed by atoms with E-state index in [0.717, 1.165) is 23.9 Å². The number of fused-ring (bicyclic) bond motifs is 1. The fraction of sp³-hybridized carbons (Fsp3) is 0.235. The lowest BCUT2D eigenvalue weighted by Gasteiger charge is -2.23. The zero-order valence-corrected chi connectivity index (χ0v) is 14.9. The molecule has 0 aromatic heterocycles. The van der Waals surface area contributed by atoms with E-state index in [0.29, 0.717) is 5.56 Å². The topological polar surface area (TPSA) is 66.5 Å². The van der Waals surface area contributed by atoms with Crippen LogP contribution < -0.4 is 9.62 Å². The molecule has 2 aromatic rings. The Labute approximate surface area is 146 Å². The summed E-state index contributed by atoms with van der Waals surface area (Å²) in [5.41, 5.74) is 2.60. The van der Waals surface area contributed by atoms with Gasteiger partial charge in [-0.05, 0) is 43.2 Å². The molecule has 0 bridgehead atoms. The van der Waals surface area contributed by atoms with Crippen molar-refractivity contribution in [2.75, 3.05) is 15.9 Å². The standard InChI is InChI=1S/C17H17ClN2O3S/c1-11-9-12-5-3-4-6-16(12)20(11)17(21)13-7-8-14(18)15(10-13)19-24(2,22)23/h3-8,10-11,19H,9H2,1-2H3/t11-/m1/s1. The maximum Gasteiger partial charge on any atom is 0.258 e. The van der Waals surface area contributed by atoms with Crippen molar-refractivity contribution >= 4 is 38.9 Å². The first-order valence-electron chi connectivity index (χ1n) is 7.45. The van der Waals surface area contributed by atoms with E-state index in [1.54, 1.807) is 11.0 Å². The number of rotatable bonds is 3. The Hall–Kier alpha value is -2.05. The molecule has 7 heteroatoms. The van der Waals surface area contributed by atoms with E-state index in [1.807, 2.05) is 31.2 Å². The number of halogens is 1. The second-order valence-corrected chi connectivity index (χ2v) is 8.08. The Morgan fingerprint density at radius 1 is 1.25 bits per heavy atom. The molecule has 1 aliphatic heterocycles. The first-order chi connectivity index (χ1) is 11.3. The van der Waals surface area contributed by atoms with E-state index in [1.165, 1.54) is 12.1 Å². The summed E-state index contributed by atoms with van der Waals surface area (Å²) < 4.78 is 25.2. The molecule has 1 amide bonds. The van der Waals surface area contributed by atoms with Gasteiger partial charge < -0.3 is 4.90 Å². The Bertz CT molecular complexity index is 912. The second-order valence-electron chi connectivity index (χ2n) is 5.93. The number of carbonyl (C=O) groups excluding carboxylic acids is 1. The molecule has 3 rings (SSSR count). The normalized spacial score (nSPS) is 16.8. The van der Waals surface area contributed by atoms with Crippen molar-refractivity contribution in [3.8, 4) is 0 Å². The summed E-state index contributed by atoms with van der Waals surface area (Å²) in [4.78, 5) is 14.7. The summed E-state index contributed by atoms with van der Waals surface area (Å²) in [6, 6.07) is 12.4. The van der Waals surface area contributed by atoms with Gasteiger partial charge in [0, 0.05) is 17.3 Å². The lowest BCUT2D eigenvalue weighted by Crippen LogP contribution is -2.35. The molecule has 1 heterocycles.